The van der Waals surface area contributed by atoms with Crippen LogP contribution in [0.4, 0.5) is 23.7 Å². The summed E-state index contributed by atoms with van der Waals surface area (Å²) in [5.41, 5.74) is 0.451. The van der Waals surface area contributed by atoms with Crippen LogP contribution in [0.15, 0.2) is 53.0 Å². The number of carbonyl (C=O) groups excluding carboxylic acids is 2. The quantitative estimate of drug-likeness (QED) is 0.348. The SMILES string of the molecule is CC(C)NC(=O)c1ccc2c(-c3ccc(C(F)(F)F)cc3)cc(Br)c(NC(=O)OC(C)(C)C)c2c1. The molecule has 9 heteroatoms. The smallest absolute Gasteiger partial charge is 0.416 e. The standard InChI is InChI=1S/C26H26BrF3N2O3/c1-14(2)31-23(33)16-8-11-18-19(15-6-9-17(10-7-15)26(28,29)30)13-21(27)22(20(18)12-16)32-24(34)35-25(3,4)5/h6-14H,1-5H3,(H,31,33)(H,32,34). The predicted octanol–water partition coefficient (Wildman–Crippen LogP) is 7.77. The van der Waals surface area contributed by atoms with E-state index in [9.17, 15) is 22.8 Å². The van der Waals surface area contributed by atoms with Gasteiger partial charge in [-0.1, -0.05) is 18.2 Å². The van der Waals surface area contributed by atoms with E-state index in [0.717, 1.165) is 12.1 Å². The summed E-state index contributed by atoms with van der Waals surface area (Å²) in [4.78, 5) is 25.2. The van der Waals surface area contributed by atoms with E-state index in [1.54, 1.807) is 45.0 Å². The molecule has 0 spiro atoms. The lowest BCUT2D eigenvalue weighted by Gasteiger charge is -2.21. The van der Waals surface area contributed by atoms with Crippen molar-refractivity contribution in [3.8, 4) is 11.1 Å². The number of amides is 2. The van der Waals surface area contributed by atoms with E-state index >= 15 is 0 Å². The molecule has 2 N–H and O–H groups in total. The van der Waals surface area contributed by atoms with E-state index in [4.69, 9.17) is 4.74 Å². The molecule has 0 aliphatic carbocycles. The third-order valence-corrected chi connectivity index (χ3v) is 5.55. The topological polar surface area (TPSA) is 67.4 Å². The van der Waals surface area contributed by atoms with Gasteiger partial charge in [-0.2, -0.15) is 13.2 Å². The zero-order valence-electron chi connectivity index (χ0n) is 19.9. The Morgan fingerprint density at radius 1 is 0.943 bits per heavy atom. The molecule has 5 nitrogen and oxygen atoms in total. The molecule has 0 saturated carbocycles. The van der Waals surface area contributed by atoms with Crippen LogP contribution in [0.25, 0.3) is 21.9 Å². The number of halogens is 4. The van der Waals surface area contributed by atoms with Crippen LogP contribution in [0, 0.1) is 0 Å². The highest BCUT2D eigenvalue weighted by atomic mass is 79.9. The average Bonchev–Trinajstić information content (AvgIpc) is 2.73. The van der Waals surface area contributed by atoms with Crippen LogP contribution in [-0.4, -0.2) is 23.6 Å². The highest BCUT2D eigenvalue weighted by Gasteiger charge is 2.30. The van der Waals surface area contributed by atoms with Gasteiger partial charge in [-0.3, -0.25) is 10.1 Å². The van der Waals surface area contributed by atoms with Crippen LogP contribution in [0.1, 0.15) is 50.5 Å². The van der Waals surface area contributed by atoms with Crippen LogP contribution in [0.2, 0.25) is 0 Å². The van der Waals surface area contributed by atoms with Gasteiger partial charge >= 0.3 is 12.3 Å². The van der Waals surface area contributed by atoms with Crippen molar-refractivity contribution in [2.45, 2.75) is 52.4 Å². The number of carbonyl (C=O) groups is 2. The first-order valence-electron chi connectivity index (χ1n) is 10.9. The minimum absolute atomic E-state index is 0.0808. The minimum atomic E-state index is -4.44. The average molecular weight is 551 g/mol. The van der Waals surface area contributed by atoms with Crippen LogP contribution in [0.3, 0.4) is 0 Å². The summed E-state index contributed by atoms with van der Waals surface area (Å²) in [5.74, 6) is -0.291. The van der Waals surface area contributed by atoms with E-state index in [0.29, 0.717) is 37.6 Å². The molecule has 2 amide bonds. The number of fused-ring (bicyclic) bond motifs is 1. The third kappa shape index (κ3) is 6.54. The maximum absolute atomic E-state index is 13.0. The fourth-order valence-corrected chi connectivity index (χ4v) is 4.03. The largest absolute Gasteiger partial charge is 0.444 e. The zero-order valence-corrected chi connectivity index (χ0v) is 21.5. The van der Waals surface area contributed by atoms with E-state index in [1.807, 2.05) is 13.8 Å². The molecule has 0 saturated heterocycles. The Morgan fingerprint density at radius 2 is 1.57 bits per heavy atom. The van der Waals surface area contributed by atoms with Crippen molar-refractivity contribution in [2.75, 3.05) is 5.32 Å². The Bertz CT molecular complexity index is 1260. The van der Waals surface area contributed by atoms with E-state index in [-0.39, 0.29) is 11.9 Å². The molecule has 0 radical (unpaired) electrons. The first-order chi connectivity index (χ1) is 16.2. The Hall–Kier alpha value is -3.07. The van der Waals surface area contributed by atoms with Crippen molar-refractivity contribution in [1.29, 1.82) is 0 Å². The van der Waals surface area contributed by atoms with Gasteiger partial charge in [0.1, 0.15) is 5.60 Å². The molecule has 3 aromatic rings. The number of rotatable bonds is 4. The van der Waals surface area contributed by atoms with Crippen molar-refractivity contribution in [3.05, 3.63) is 64.1 Å². The molecule has 0 bridgehead atoms. The normalized spacial score (nSPS) is 12.1. The number of nitrogens with one attached hydrogen (secondary N) is 2. The van der Waals surface area contributed by atoms with Crippen molar-refractivity contribution in [1.82, 2.24) is 5.32 Å². The van der Waals surface area contributed by atoms with Crippen LogP contribution >= 0.6 is 15.9 Å². The number of alkyl halides is 3. The lowest BCUT2D eigenvalue weighted by atomic mass is 9.95. The van der Waals surface area contributed by atoms with Gasteiger partial charge in [0.25, 0.3) is 5.91 Å². The number of ether oxygens (including phenoxy) is 1. The molecule has 0 unspecified atom stereocenters. The Kier molecular flexibility index (Phi) is 7.50. The van der Waals surface area contributed by atoms with Gasteiger partial charge < -0.3 is 10.1 Å². The second kappa shape index (κ2) is 9.89. The monoisotopic (exact) mass is 550 g/mol. The van der Waals surface area contributed by atoms with Crippen molar-refractivity contribution in [3.63, 3.8) is 0 Å². The molecule has 0 fully saturated rings. The Morgan fingerprint density at radius 3 is 2.11 bits per heavy atom. The molecule has 0 heterocycles. The maximum atomic E-state index is 13.0. The van der Waals surface area contributed by atoms with Gasteiger partial charge in [0.2, 0.25) is 0 Å². The summed E-state index contributed by atoms with van der Waals surface area (Å²) < 4.78 is 45.0. The predicted molar refractivity (Wildman–Crippen MR) is 135 cm³/mol. The minimum Gasteiger partial charge on any atom is -0.444 e. The van der Waals surface area contributed by atoms with Crippen molar-refractivity contribution >= 4 is 44.4 Å². The summed E-state index contributed by atoms with van der Waals surface area (Å²) >= 11 is 3.47. The lowest BCUT2D eigenvalue weighted by molar-refractivity contribution is -0.137. The number of hydrogen-bond acceptors (Lipinski definition) is 3. The summed E-state index contributed by atoms with van der Waals surface area (Å²) in [7, 11) is 0. The van der Waals surface area contributed by atoms with Gasteiger partial charge in [-0.15, -0.1) is 0 Å². The Balaban J connectivity index is 2.18. The molecule has 35 heavy (non-hydrogen) atoms. The molecule has 0 aliphatic rings. The fourth-order valence-electron chi connectivity index (χ4n) is 3.49. The highest BCUT2D eigenvalue weighted by Crippen LogP contribution is 2.40. The van der Waals surface area contributed by atoms with Crippen molar-refractivity contribution in [2.24, 2.45) is 0 Å². The maximum Gasteiger partial charge on any atom is 0.416 e. The molecular weight excluding hydrogens is 525 g/mol. The molecule has 186 valence electrons. The first kappa shape index (κ1) is 26.5. The van der Waals surface area contributed by atoms with Crippen LogP contribution < -0.4 is 10.6 Å². The van der Waals surface area contributed by atoms with E-state index in [1.165, 1.54) is 12.1 Å². The Labute approximate surface area is 210 Å². The molecule has 0 aliphatic heterocycles. The fraction of sp³-hybridized carbons (Fsp3) is 0.308. The first-order valence-corrected chi connectivity index (χ1v) is 11.7. The lowest BCUT2D eigenvalue weighted by Crippen LogP contribution is -2.30. The molecule has 3 aromatic carbocycles. The number of anilines is 1. The van der Waals surface area contributed by atoms with E-state index in [2.05, 4.69) is 26.6 Å². The zero-order chi connectivity index (χ0) is 26.1. The van der Waals surface area contributed by atoms with Gasteiger partial charge in [-0.25, -0.2) is 4.79 Å². The third-order valence-electron chi connectivity index (χ3n) is 4.92. The summed E-state index contributed by atoms with van der Waals surface area (Å²) in [6, 6.07) is 11.4. The molecule has 0 aromatic heterocycles. The van der Waals surface area contributed by atoms with E-state index < -0.39 is 23.4 Å². The second-order valence-corrected chi connectivity index (χ2v) is 10.2. The number of hydrogen-bond donors (Lipinski definition) is 2. The summed E-state index contributed by atoms with van der Waals surface area (Å²) in [6.45, 7) is 8.90. The van der Waals surface area contributed by atoms with Crippen LogP contribution in [-0.2, 0) is 10.9 Å². The van der Waals surface area contributed by atoms with Gasteiger partial charge in [0.05, 0.1) is 11.3 Å². The molecule has 3 rings (SSSR count). The van der Waals surface area contributed by atoms with Gasteiger partial charge in [-0.05, 0) is 97.4 Å². The van der Waals surface area contributed by atoms with Gasteiger partial charge in [0, 0.05) is 21.5 Å². The van der Waals surface area contributed by atoms with Crippen molar-refractivity contribution < 1.29 is 27.5 Å². The molecule has 0 atom stereocenters. The summed E-state index contributed by atoms with van der Waals surface area (Å²) in [6.07, 6.45) is -5.13. The number of benzene rings is 3. The highest BCUT2D eigenvalue weighted by molar-refractivity contribution is 9.10. The summed E-state index contributed by atoms with van der Waals surface area (Å²) in [5, 5.41) is 6.73. The van der Waals surface area contributed by atoms with Gasteiger partial charge in [0.15, 0.2) is 0 Å². The molecular formula is C26H26BrF3N2O3. The second-order valence-electron chi connectivity index (χ2n) is 9.37. The van der Waals surface area contributed by atoms with Crippen LogP contribution in [0.5, 0.6) is 0 Å².